The number of nitrogens with one attached hydrogen (secondary N) is 1. The van der Waals surface area contributed by atoms with Crippen molar-refractivity contribution >= 4 is 0 Å². The van der Waals surface area contributed by atoms with Gasteiger partial charge in [0.05, 0.1) is 0 Å². The summed E-state index contributed by atoms with van der Waals surface area (Å²) in [4.78, 5) is 0. The van der Waals surface area contributed by atoms with Crippen LogP contribution in [0.2, 0.25) is 0 Å². The minimum absolute atomic E-state index is 0.124. The van der Waals surface area contributed by atoms with Crippen LogP contribution in [0.5, 0.6) is 5.75 Å². The van der Waals surface area contributed by atoms with Crippen LogP contribution in [0.25, 0.3) is 0 Å². The number of para-hydroxylation sites is 1. The van der Waals surface area contributed by atoms with E-state index in [9.17, 15) is 0 Å². The van der Waals surface area contributed by atoms with Crippen LogP contribution in [-0.4, -0.2) is 12.1 Å². The molecule has 1 aromatic rings. The van der Waals surface area contributed by atoms with Crippen molar-refractivity contribution in [1.29, 1.82) is 0 Å². The summed E-state index contributed by atoms with van der Waals surface area (Å²) in [5.74, 6) is 1.92. The van der Waals surface area contributed by atoms with Gasteiger partial charge < -0.3 is 10.1 Å². The van der Waals surface area contributed by atoms with Gasteiger partial charge in [0.2, 0.25) is 0 Å². The molecule has 1 heterocycles. The summed E-state index contributed by atoms with van der Waals surface area (Å²) in [7, 11) is 0. The van der Waals surface area contributed by atoms with E-state index in [0.29, 0.717) is 6.04 Å². The average molecular weight is 245 g/mol. The summed E-state index contributed by atoms with van der Waals surface area (Å²) in [6.07, 6.45) is 4.74. The van der Waals surface area contributed by atoms with Crippen LogP contribution in [0.1, 0.15) is 51.1 Å². The maximum absolute atomic E-state index is 6.30. The number of benzene rings is 1. The summed E-state index contributed by atoms with van der Waals surface area (Å²) in [6, 6.07) is 9.00. The van der Waals surface area contributed by atoms with Crippen molar-refractivity contribution in [3.8, 4) is 5.75 Å². The van der Waals surface area contributed by atoms with Crippen LogP contribution in [0.3, 0.4) is 0 Å². The smallest absolute Gasteiger partial charge is 0.124 e. The van der Waals surface area contributed by atoms with Gasteiger partial charge in [0.15, 0.2) is 0 Å². The standard InChI is InChI=1S/C16H23NO/c1-3-8-17-14-11-16(9-12(2)10-16)18-15-7-5-4-6-13(14)15/h4-7,12,14,17H,3,8-11H2,1-2H3. The van der Waals surface area contributed by atoms with Crippen LogP contribution < -0.4 is 10.1 Å². The van der Waals surface area contributed by atoms with Gasteiger partial charge in [0, 0.05) is 18.0 Å². The molecule has 1 spiro atoms. The zero-order chi connectivity index (χ0) is 12.6. The fraction of sp³-hybridized carbons (Fsp3) is 0.625. The van der Waals surface area contributed by atoms with Crippen LogP contribution in [0.4, 0.5) is 0 Å². The third kappa shape index (κ3) is 2.03. The second-order valence-corrected chi connectivity index (χ2v) is 6.05. The van der Waals surface area contributed by atoms with Crippen LogP contribution >= 0.6 is 0 Å². The van der Waals surface area contributed by atoms with Crippen LogP contribution in [0.15, 0.2) is 24.3 Å². The van der Waals surface area contributed by atoms with Crippen molar-refractivity contribution in [3.05, 3.63) is 29.8 Å². The Hall–Kier alpha value is -1.02. The van der Waals surface area contributed by atoms with Crippen molar-refractivity contribution in [2.45, 2.75) is 51.2 Å². The molecular weight excluding hydrogens is 222 g/mol. The molecule has 3 rings (SSSR count). The SMILES string of the molecule is CCCNC1CC2(CC(C)C2)Oc2ccccc21. The van der Waals surface area contributed by atoms with Gasteiger partial charge in [-0.05, 0) is 37.8 Å². The quantitative estimate of drug-likeness (QED) is 0.877. The van der Waals surface area contributed by atoms with E-state index in [4.69, 9.17) is 4.74 Å². The Morgan fingerprint density at radius 2 is 2.06 bits per heavy atom. The molecule has 98 valence electrons. The predicted octanol–water partition coefficient (Wildman–Crippen LogP) is 3.68. The van der Waals surface area contributed by atoms with Crippen molar-refractivity contribution in [2.24, 2.45) is 5.92 Å². The Balaban J connectivity index is 1.84. The van der Waals surface area contributed by atoms with E-state index in [1.54, 1.807) is 0 Å². The largest absolute Gasteiger partial charge is 0.487 e. The molecule has 1 saturated carbocycles. The molecule has 1 atom stereocenters. The predicted molar refractivity (Wildman–Crippen MR) is 73.9 cm³/mol. The first-order valence-electron chi connectivity index (χ1n) is 7.24. The third-order valence-electron chi connectivity index (χ3n) is 4.28. The highest BCUT2D eigenvalue weighted by Gasteiger charge is 2.48. The molecule has 1 fully saturated rings. The van der Waals surface area contributed by atoms with Crippen molar-refractivity contribution in [3.63, 3.8) is 0 Å². The molecule has 2 aliphatic rings. The van der Waals surface area contributed by atoms with Crippen molar-refractivity contribution in [1.82, 2.24) is 5.32 Å². The Morgan fingerprint density at radius 3 is 2.78 bits per heavy atom. The molecule has 1 aliphatic carbocycles. The molecule has 1 unspecified atom stereocenters. The zero-order valence-corrected chi connectivity index (χ0v) is 11.4. The molecule has 0 aromatic heterocycles. The molecule has 18 heavy (non-hydrogen) atoms. The number of fused-ring (bicyclic) bond motifs is 1. The van der Waals surface area contributed by atoms with Gasteiger partial charge in [-0.1, -0.05) is 32.0 Å². The first-order chi connectivity index (χ1) is 8.72. The monoisotopic (exact) mass is 245 g/mol. The third-order valence-corrected chi connectivity index (χ3v) is 4.28. The molecule has 0 saturated heterocycles. The molecule has 0 bridgehead atoms. The summed E-state index contributed by atoms with van der Waals surface area (Å²) in [5.41, 5.74) is 1.47. The Kier molecular flexibility index (Phi) is 3.06. The highest BCUT2D eigenvalue weighted by Crippen LogP contribution is 2.51. The molecular formula is C16H23NO. The lowest BCUT2D eigenvalue weighted by Gasteiger charge is -2.51. The van der Waals surface area contributed by atoms with E-state index in [0.717, 1.165) is 24.6 Å². The number of ether oxygens (including phenoxy) is 1. The minimum atomic E-state index is 0.124. The van der Waals surface area contributed by atoms with Crippen LogP contribution in [0, 0.1) is 5.92 Å². The molecule has 1 aliphatic heterocycles. The van der Waals surface area contributed by atoms with Crippen molar-refractivity contribution in [2.75, 3.05) is 6.54 Å². The average Bonchev–Trinajstić information content (AvgIpc) is 2.34. The second kappa shape index (κ2) is 4.58. The Bertz CT molecular complexity index is 423. The molecule has 1 N–H and O–H groups in total. The minimum Gasteiger partial charge on any atom is -0.487 e. The molecule has 1 aromatic carbocycles. The first-order valence-corrected chi connectivity index (χ1v) is 7.24. The normalized spacial score (nSPS) is 33.7. The van der Waals surface area contributed by atoms with E-state index in [1.165, 1.54) is 24.8 Å². The maximum atomic E-state index is 6.30. The first kappa shape index (κ1) is 12.0. The molecule has 0 radical (unpaired) electrons. The summed E-state index contributed by atoms with van der Waals surface area (Å²) < 4.78 is 6.30. The van der Waals surface area contributed by atoms with E-state index < -0.39 is 0 Å². The van der Waals surface area contributed by atoms with Gasteiger partial charge in [0.1, 0.15) is 11.4 Å². The highest BCUT2D eigenvalue weighted by atomic mass is 16.5. The van der Waals surface area contributed by atoms with Gasteiger partial charge in [-0.3, -0.25) is 0 Å². The summed E-state index contributed by atoms with van der Waals surface area (Å²) >= 11 is 0. The fourth-order valence-electron chi connectivity index (χ4n) is 3.58. The maximum Gasteiger partial charge on any atom is 0.124 e. The van der Waals surface area contributed by atoms with Gasteiger partial charge >= 0.3 is 0 Å². The lowest BCUT2D eigenvalue weighted by atomic mass is 9.67. The van der Waals surface area contributed by atoms with E-state index >= 15 is 0 Å². The van der Waals surface area contributed by atoms with Gasteiger partial charge in [0.25, 0.3) is 0 Å². The van der Waals surface area contributed by atoms with E-state index in [-0.39, 0.29) is 5.60 Å². The van der Waals surface area contributed by atoms with E-state index in [1.807, 2.05) is 0 Å². The van der Waals surface area contributed by atoms with E-state index in [2.05, 4.69) is 43.4 Å². The Morgan fingerprint density at radius 1 is 1.28 bits per heavy atom. The molecule has 2 heteroatoms. The van der Waals surface area contributed by atoms with Crippen LogP contribution in [-0.2, 0) is 0 Å². The van der Waals surface area contributed by atoms with Gasteiger partial charge in [-0.2, -0.15) is 0 Å². The molecule has 0 amide bonds. The number of rotatable bonds is 3. The summed E-state index contributed by atoms with van der Waals surface area (Å²) in [5, 5.41) is 3.69. The van der Waals surface area contributed by atoms with Gasteiger partial charge in [-0.15, -0.1) is 0 Å². The zero-order valence-electron chi connectivity index (χ0n) is 11.4. The number of hydrogen-bond donors (Lipinski definition) is 1. The molecule has 2 nitrogen and oxygen atoms in total. The second-order valence-electron chi connectivity index (χ2n) is 6.05. The van der Waals surface area contributed by atoms with Gasteiger partial charge in [-0.25, -0.2) is 0 Å². The van der Waals surface area contributed by atoms with Crippen molar-refractivity contribution < 1.29 is 4.74 Å². The summed E-state index contributed by atoms with van der Waals surface area (Å²) in [6.45, 7) is 5.63. The fourth-order valence-corrected chi connectivity index (χ4v) is 3.58. The lowest BCUT2D eigenvalue weighted by molar-refractivity contribution is -0.0689. The highest BCUT2D eigenvalue weighted by molar-refractivity contribution is 5.39. The number of hydrogen-bond acceptors (Lipinski definition) is 2. The Labute approximate surface area is 110 Å². The topological polar surface area (TPSA) is 21.3 Å². The lowest BCUT2D eigenvalue weighted by Crippen LogP contribution is -2.52.